The molecule has 0 aliphatic carbocycles. The van der Waals surface area contributed by atoms with E-state index in [2.05, 4.69) is 5.32 Å². The number of carbonyl (C=O) groups is 4. The zero-order valence-corrected chi connectivity index (χ0v) is 24.0. The number of benzene rings is 1. The smallest absolute Gasteiger partial charge is 0.366 e. The molecule has 1 aromatic heterocycles. The summed E-state index contributed by atoms with van der Waals surface area (Å²) in [5, 5.41) is 6.04. The van der Waals surface area contributed by atoms with E-state index < -0.39 is 53.9 Å². The molecule has 0 spiro atoms. The molecule has 0 saturated carbocycles. The van der Waals surface area contributed by atoms with Gasteiger partial charge in [-0.05, 0) is 55.0 Å². The van der Waals surface area contributed by atoms with Crippen LogP contribution in [0.4, 0.5) is 13.2 Å². The van der Waals surface area contributed by atoms with Crippen LogP contribution >= 0.6 is 11.3 Å². The lowest BCUT2D eigenvalue weighted by atomic mass is 9.99. The number of fused-ring (bicyclic) bond motifs is 1. The molecular formula is C28H33F3N4O5S. The van der Waals surface area contributed by atoms with Gasteiger partial charge in [0.15, 0.2) is 0 Å². The SMILES string of the molecule is CC1=C(C(N)=O)C(C)ON1C(C(=O)N1CCC[C@H]1C(=O)N[C@@H](Cc1csc2ccccc12)C(=O)C(F)(F)F)C(C)C. The van der Waals surface area contributed by atoms with Gasteiger partial charge in [-0.3, -0.25) is 24.0 Å². The molecule has 1 fully saturated rings. The van der Waals surface area contributed by atoms with E-state index in [9.17, 15) is 32.3 Å². The molecule has 3 heterocycles. The number of alkyl halides is 3. The van der Waals surface area contributed by atoms with E-state index in [1.165, 1.54) is 21.3 Å². The van der Waals surface area contributed by atoms with Crippen LogP contribution in [0.2, 0.25) is 0 Å². The summed E-state index contributed by atoms with van der Waals surface area (Å²) in [6, 6.07) is 3.27. The molecule has 2 unspecified atom stereocenters. The zero-order valence-electron chi connectivity index (χ0n) is 23.2. The number of hydroxylamine groups is 2. The number of allylic oxidation sites excluding steroid dienone is 1. The first-order valence-corrected chi connectivity index (χ1v) is 14.2. The first kappa shape index (κ1) is 30.5. The van der Waals surface area contributed by atoms with E-state index in [4.69, 9.17) is 10.6 Å². The molecule has 0 radical (unpaired) electrons. The number of primary amides is 1. The third-order valence-corrected chi connectivity index (χ3v) is 8.55. The number of hydrogen-bond acceptors (Lipinski definition) is 7. The molecule has 1 saturated heterocycles. The summed E-state index contributed by atoms with van der Waals surface area (Å²) in [6.07, 6.45) is -5.52. The van der Waals surface area contributed by atoms with Gasteiger partial charge in [0.05, 0.1) is 11.3 Å². The fourth-order valence-electron chi connectivity index (χ4n) is 5.58. The molecule has 222 valence electrons. The fraction of sp³-hybridized carbons (Fsp3) is 0.500. The molecule has 3 N–H and O–H groups in total. The largest absolute Gasteiger partial charge is 0.452 e. The molecule has 4 rings (SSSR count). The van der Waals surface area contributed by atoms with Crippen LogP contribution in [0.1, 0.15) is 46.1 Å². The maximum atomic E-state index is 13.8. The maximum Gasteiger partial charge on any atom is 0.452 e. The number of rotatable bonds is 9. The number of nitrogens with one attached hydrogen (secondary N) is 1. The van der Waals surface area contributed by atoms with Gasteiger partial charge in [0, 0.05) is 17.7 Å². The van der Waals surface area contributed by atoms with Gasteiger partial charge >= 0.3 is 6.18 Å². The van der Waals surface area contributed by atoms with Crippen LogP contribution in [0.25, 0.3) is 10.1 Å². The van der Waals surface area contributed by atoms with Crippen molar-refractivity contribution in [3.63, 3.8) is 0 Å². The lowest BCUT2D eigenvalue weighted by molar-refractivity contribution is -0.185. The highest BCUT2D eigenvalue weighted by Crippen LogP contribution is 2.33. The third-order valence-electron chi connectivity index (χ3n) is 7.54. The second-order valence-corrected chi connectivity index (χ2v) is 11.6. The van der Waals surface area contributed by atoms with Crippen molar-refractivity contribution in [1.29, 1.82) is 0 Å². The summed E-state index contributed by atoms with van der Waals surface area (Å²) in [5.41, 5.74) is 6.63. The number of nitrogens with zero attached hydrogens (tertiary/aromatic N) is 2. The number of amides is 3. The Kier molecular flexibility index (Phi) is 8.78. The molecule has 2 aliphatic rings. The van der Waals surface area contributed by atoms with Crippen molar-refractivity contribution in [2.45, 2.75) is 77.4 Å². The molecule has 1 aromatic carbocycles. The minimum Gasteiger partial charge on any atom is -0.366 e. The molecule has 2 aliphatic heterocycles. The molecule has 9 nitrogen and oxygen atoms in total. The quantitative estimate of drug-likeness (QED) is 0.459. The molecule has 2 aromatic rings. The average molecular weight is 595 g/mol. The Morgan fingerprint density at radius 3 is 2.49 bits per heavy atom. The summed E-state index contributed by atoms with van der Waals surface area (Å²) in [6.45, 7) is 7.00. The van der Waals surface area contributed by atoms with Crippen LogP contribution in [0, 0.1) is 5.92 Å². The monoisotopic (exact) mass is 594 g/mol. The standard InChI is InChI=1S/C28H33F3N4O5S/c1-14(2)23(35-15(3)22(25(32)37)16(4)40-35)27(39)34-11-7-9-20(34)26(38)33-19(24(36)28(29,30)31)12-17-13-41-21-10-6-5-8-18(17)21/h5-6,8,10,13-14,16,19-20,23H,7,9,11-12H2,1-4H3,(H2,32,37)(H,33,38)/t16?,19-,20-,23?/m0/s1. The number of carbonyl (C=O) groups excluding carboxylic acids is 4. The van der Waals surface area contributed by atoms with Crippen LogP contribution < -0.4 is 11.1 Å². The Bertz CT molecular complexity index is 1390. The van der Waals surface area contributed by atoms with Crippen LogP contribution in [-0.4, -0.2) is 70.4 Å². The number of hydrogen-bond donors (Lipinski definition) is 2. The second kappa shape index (κ2) is 11.8. The first-order chi connectivity index (χ1) is 19.2. The molecular weight excluding hydrogens is 561 g/mol. The van der Waals surface area contributed by atoms with Crippen molar-refractivity contribution in [2.24, 2.45) is 11.7 Å². The Morgan fingerprint density at radius 2 is 1.88 bits per heavy atom. The summed E-state index contributed by atoms with van der Waals surface area (Å²) in [5.74, 6) is -4.37. The normalized spacial score (nSPS) is 21.1. The van der Waals surface area contributed by atoms with E-state index in [1.54, 1.807) is 51.3 Å². The highest BCUT2D eigenvalue weighted by atomic mass is 32.1. The molecule has 13 heteroatoms. The number of thiophene rings is 1. The Balaban J connectivity index is 1.57. The minimum absolute atomic E-state index is 0.196. The number of halogens is 3. The zero-order chi connectivity index (χ0) is 30.2. The van der Waals surface area contributed by atoms with Crippen LogP contribution in [-0.2, 0) is 30.4 Å². The minimum atomic E-state index is -5.16. The highest BCUT2D eigenvalue weighted by molar-refractivity contribution is 7.17. The van der Waals surface area contributed by atoms with E-state index >= 15 is 0 Å². The molecule has 41 heavy (non-hydrogen) atoms. The van der Waals surface area contributed by atoms with Crippen molar-refractivity contribution >= 4 is 44.9 Å². The summed E-state index contributed by atoms with van der Waals surface area (Å²) in [4.78, 5) is 58.8. The number of likely N-dealkylation sites (tertiary alicyclic amines) is 1. The average Bonchev–Trinajstić information content (AvgIpc) is 3.60. The lowest BCUT2D eigenvalue weighted by Gasteiger charge is -2.36. The van der Waals surface area contributed by atoms with Crippen molar-refractivity contribution < 1.29 is 37.2 Å². The number of ketones is 1. The van der Waals surface area contributed by atoms with Gasteiger partial charge in [-0.25, -0.2) is 5.06 Å². The summed E-state index contributed by atoms with van der Waals surface area (Å²) in [7, 11) is 0. The highest BCUT2D eigenvalue weighted by Gasteiger charge is 2.47. The molecule has 3 amide bonds. The number of Topliss-reactive ketones (excluding diaryl/α,β-unsaturated/α-hetero) is 1. The lowest BCUT2D eigenvalue weighted by Crippen LogP contribution is -2.57. The van der Waals surface area contributed by atoms with Gasteiger partial charge in [-0.15, -0.1) is 11.3 Å². The summed E-state index contributed by atoms with van der Waals surface area (Å²) >= 11 is 1.34. The van der Waals surface area contributed by atoms with Gasteiger partial charge < -0.3 is 16.0 Å². The fourth-order valence-corrected chi connectivity index (χ4v) is 6.56. The predicted octanol–water partition coefficient (Wildman–Crippen LogP) is 3.47. The summed E-state index contributed by atoms with van der Waals surface area (Å²) < 4.78 is 41.6. The second-order valence-electron chi connectivity index (χ2n) is 10.7. The first-order valence-electron chi connectivity index (χ1n) is 13.4. The van der Waals surface area contributed by atoms with E-state index in [0.29, 0.717) is 23.1 Å². The Labute approximate surface area is 239 Å². The van der Waals surface area contributed by atoms with Crippen molar-refractivity contribution in [2.75, 3.05) is 6.54 Å². The van der Waals surface area contributed by atoms with Crippen LogP contribution in [0.5, 0.6) is 0 Å². The van der Waals surface area contributed by atoms with E-state index in [-0.39, 0.29) is 30.9 Å². The molecule has 4 atom stereocenters. The van der Waals surface area contributed by atoms with Gasteiger partial charge in [-0.2, -0.15) is 13.2 Å². The van der Waals surface area contributed by atoms with Crippen molar-refractivity contribution in [3.05, 3.63) is 46.5 Å². The Hall–Kier alpha value is -3.45. The number of nitrogens with two attached hydrogens (primary N) is 1. The van der Waals surface area contributed by atoms with Gasteiger partial charge in [0.2, 0.25) is 17.7 Å². The van der Waals surface area contributed by atoms with E-state index in [0.717, 1.165) is 4.70 Å². The van der Waals surface area contributed by atoms with Crippen LogP contribution in [0.15, 0.2) is 40.9 Å². The van der Waals surface area contributed by atoms with Gasteiger partial charge in [0.1, 0.15) is 24.2 Å². The molecule has 0 bridgehead atoms. The van der Waals surface area contributed by atoms with Gasteiger partial charge in [0.25, 0.3) is 5.78 Å². The van der Waals surface area contributed by atoms with Crippen LogP contribution in [0.3, 0.4) is 0 Å². The predicted molar refractivity (Wildman–Crippen MR) is 146 cm³/mol. The topological polar surface area (TPSA) is 122 Å². The third kappa shape index (κ3) is 6.10. The van der Waals surface area contributed by atoms with Gasteiger partial charge in [-0.1, -0.05) is 32.0 Å². The van der Waals surface area contributed by atoms with Crippen molar-refractivity contribution in [3.8, 4) is 0 Å². The Morgan fingerprint density at radius 1 is 1.20 bits per heavy atom. The van der Waals surface area contributed by atoms with Crippen molar-refractivity contribution in [1.82, 2.24) is 15.3 Å². The van der Waals surface area contributed by atoms with E-state index in [1.807, 2.05) is 6.07 Å². The maximum absolute atomic E-state index is 13.8.